The van der Waals surface area contributed by atoms with E-state index in [4.69, 9.17) is 0 Å². The van der Waals surface area contributed by atoms with Crippen molar-refractivity contribution in [3.05, 3.63) is 77.9 Å². The Kier molecular flexibility index (Phi) is 5.76. The Hall–Kier alpha value is -2.77. The van der Waals surface area contributed by atoms with Gasteiger partial charge in [-0.1, -0.05) is 36.4 Å². The minimum atomic E-state index is -3.89. The van der Waals surface area contributed by atoms with Crippen LogP contribution < -0.4 is 4.72 Å². The molecule has 0 saturated carbocycles. The average Bonchev–Trinajstić information content (AvgIpc) is 2.68. The van der Waals surface area contributed by atoms with Gasteiger partial charge in [-0.25, -0.2) is 13.2 Å². The van der Waals surface area contributed by atoms with Crippen LogP contribution in [0.3, 0.4) is 0 Å². The summed E-state index contributed by atoms with van der Waals surface area (Å²) in [5.41, 5.74) is 2.93. The van der Waals surface area contributed by atoms with Crippen molar-refractivity contribution in [1.29, 1.82) is 0 Å². The second-order valence-corrected chi connectivity index (χ2v) is 8.70. The molecule has 3 aromatic rings. The van der Waals surface area contributed by atoms with Gasteiger partial charge in [-0.15, -0.1) is 11.8 Å². The first-order chi connectivity index (χ1) is 13.3. The molecular formula is C21H19NO4S2. The van der Waals surface area contributed by atoms with Gasteiger partial charge in [-0.05, 0) is 60.2 Å². The molecule has 5 nitrogen and oxygen atoms in total. The molecule has 0 spiro atoms. The normalized spacial score (nSPS) is 11.2. The Morgan fingerprint density at radius 3 is 2.32 bits per heavy atom. The van der Waals surface area contributed by atoms with Crippen LogP contribution in [0.2, 0.25) is 0 Å². The molecule has 0 aliphatic rings. The lowest BCUT2D eigenvalue weighted by Gasteiger charge is -2.11. The highest BCUT2D eigenvalue weighted by Gasteiger charge is 2.18. The first-order valence-corrected chi connectivity index (χ1v) is 11.1. The van der Waals surface area contributed by atoms with Gasteiger partial charge in [0.25, 0.3) is 10.0 Å². The average molecular weight is 414 g/mol. The molecule has 0 atom stereocenters. The Labute approximate surface area is 168 Å². The molecule has 0 amide bonds. The van der Waals surface area contributed by atoms with E-state index in [0.29, 0.717) is 11.3 Å². The summed E-state index contributed by atoms with van der Waals surface area (Å²) in [6.45, 7) is 1.62. The van der Waals surface area contributed by atoms with Gasteiger partial charge in [0.2, 0.25) is 0 Å². The van der Waals surface area contributed by atoms with Crippen LogP contribution in [-0.4, -0.2) is 25.7 Å². The number of carbonyl (C=O) groups is 1. The van der Waals surface area contributed by atoms with E-state index in [9.17, 15) is 18.3 Å². The number of aryl methyl sites for hydroxylation is 1. The number of nitrogens with one attached hydrogen (secondary N) is 1. The third kappa shape index (κ3) is 4.21. The number of carboxylic acid groups (broad SMARTS) is 1. The van der Waals surface area contributed by atoms with Gasteiger partial charge in [-0.3, -0.25) is 4.72 Å². The highest BCUT2D eigenvalue weighted by atomic mass is 32.2. The maximum atomic E-state index is 12.6. The van der Waals surface area contributed by atoms with Crippen LogP contribution in [0, 0.1) is 6.92 Å². The zero-order valence-electron chi connectivity index (χ0n) is 15.3. The molecule has 7 heteroatoms. The second kappa shape index (κ2) is 8.08. The maximum Gasteiger partial charge on any atom is 0.335 e. The topological polar surface area (TPSA) is 83.5 Å². The van der Waals surface area contributed by atoms with Crippen molar-refractivity contribution in [2.75, 3.05) is 11.0 Å². The van der Waals surface area contributed by atoms with Gasteiger partial charge >= 0.3 is 5.97 Å². The van der Waals surface area contributed by atoms with Crippen molar-refractivity contribution >= 4 is 33.4 Å². The van der Waals surface area contributed by atoms with Crippen LogP contribution in [0.4, 0.5) is 5.69 Å². The molecule has 2 N–H and O–H groups in total. The summed E-state index contributed by atoms with van der Waals surface area (Å²) in [5, 5.41) is 9.21. The number of sulfonamides is 1. The van der Waals surface area contributed by atoms with E-state index in [1.54, 1.807) is 30.8 Å². The first kappa shape index (κ1) is 20.0. The standard InChI is InChI=1S/C21H19NO4S2/c1-14-7-12-17(13-19(14)21(23)24)28(25,26)22-16-10-8-15(9-11-16)18-5-3-4-6-20(18)27-2/h3-13,22H,1-2H3,(H,23,24). The zero-order chi connectivity index (χ0) is 20.3. The Morgan fingerprint density at radius 2 is 1.68 bits per heavy atom. The molecule has 0 fully saturated rings. The highest BCUT2D eigenvalue weighted by molar-refractivity contribution is 7.98. The number of hydrogen-bond donors (Lipinski definition) is 2. The Bertz CT molecular complexity index is 1120. The number of anilines is 1. The highest BCUT2D eigenvalue weighted by Crippen LogP contribution is 2.31. The molecule has 0 heterocycles. The van der Waals surface area contributed by atoms with Gasteiger partial charge < -0.3 is 5.11 Å². The van der Waals surface area contributed by atoms with Crippen LogP contribution in [-0.2, 0) is 10.0 Å². The lowest BCUT2D eigenvalue weighted by molar-refractivity contribution is 0.0696. The van der Waals surface area contributed by atoms with E-state index in [0.717, 1.165) is 16.0 Å². The van der Waals surface area contributed by atoms with Crippen molar-refractivity contribution in [1.82, 2.24) is 0 Å². The van der Waals surface area contributed by atoms with Crippen molar-refractivity contribution in [2.45, 2.75) is 16.7 Å². The summed E-state index contributed by atoms with van der Waals surface area (Å²) in [6, 6.07) is 19.1. The van der Waals surface area contributed by atoms with E-state index in [1.807, 2.05) is 42.7 Å². The van der Waals surface area contributed by atoms with E-state index in [1.165, 1.54) is 18.2 Å². The monoisotopic (exact) mass is 413 g/mol. The number of hydrogen-bond acceptors (Lipinski definition) is 4. The maximum absolute atomic E-state index is 12.6. The molecule has 0 radical (unpaired) electrons. The summed E-state index contributed by atoms with van der Waals surface area (Å²) < 4.78 is 27.8. The number of benzene rings is 3. The fourth-order valence-corrected chi connectivity index (χ4v) is 4.52. The molecule has 0 bridgehead atoms. The molecule has 3 aromatic carbocycles. The minimum absolute atomic E-state index is 0.0353. The molecule has 0 aliphatic carbocycles. The predicted octanol–water partition coefficient (Wildman–Crippen LogP) is 4.88. The van der Waals surface area contributed by atoms with Crippen molar-refractivity contribution in [3.8, 4) is 11.1 Å². The van der Waals surface area contributed by atoms with Gasteiger partial charge in [0, 0.05) is 10.6 Å². The second-order valence-electron chi connectivity index (χ2n) is 6.17. The molecule has 144 valence electrons. The van der Waals surface area contributed by atoms with Gasteiger partial charge in [0.1, 0.15) is 0 Å². The van der Waals surface area contributed by atoms with Crippen LogP contribution in [0.15, 0.2) is 76.5 Å². The summed E-state index contributed by atoms with van der Waals surface area (Å²) in [7, 11) is -3.89. The number of aromatic carboxylic acids is 1. The predicted molar refractivity (Wildman–Crippen MR) is 113 cm³/mol. The summed E-state index contributed by atoms with van der Waals surface area (Å²) in [5.74, 6) is -1.16. The lowest BCUT2D eigenvalue weighted by atomic mass is 10.1. The lowest BCUT2D eigenvalue weighted by Crippen LogP contribution is -2.14. The fourth-order valence-electron chi connectivity index (χ4n) is 2.81. The molecule has 0 aliphatic heterocycles. The van der Waals surface area contributed by atoms with Crippen molar-refractivity contribution in [3.63, 3.8) is 0 Å². The van der Waals surface area contributed by atoms with Crippen LogP contribution in [0.5, 0.6) is 0 Å². The van der Waals surface area contributed by atoms with Crippen molar-refractivity contribution in [2.24, 2.45) is 0 Å². The molecule has 0 unspecified atom stereocenters. The van der Waals surface area contributed by atoms with Gasteiger partial charge in [0.05, 0.1) is 10.5 Å². The van der Waals surface area contributed by atoms with Crippen molar-refractivity contribution < 1.29 is 18.3 Å². The van der Waals surface area contributed by atoms with Gasteiger partial charge in [-0.2, -0.15) is 0 Å². The Balaban J connectivity index is 1.87. The van der Waals surface area contributed by atoms with E-state index in [-0.39, 0.29) is 10.5 Å². The summed E-state index contributed by atoms with van der Waals surface area (Å²) >= 11 is 1.65. The van der Waals surface area contributed by atoms with E-state index < -0.39 is 16.0 Å². The molecule has 0 saturated heterocycles. The first-order valence-electron chi connectivity index (χ1n) is 8.42. The minimum Gasteiger partial charge on any atom is -0.478 e. The van der Waals surface area contributed by atoms with Gasteiger partial charge in [0.15, 0.2) is 0 Å². The molecule has 28 heavy (non-hydrogen) atoms. The smallest absolute Gasteiger partial charge is 0.335 e. The third-order valence-electron chi connectivity index (χ3n) is 4.30. The summed E-state index contributed by atoms with van der Waals surface area (Å²) in [6.07, 6.45) is 2.01. The largest absolute Gasteiger partial charge is 0.478 e. The summed E-state index contributed by atoms with van der Waals surface area (Å²) in [4.78, 5) is 12.3. The van der Waals surface area contributed by atoms with E-state index in [2.05, 4.69) is 4.72 Å². The molecule has 3 rings (SSSR count). The van der Waals surface area contributed by atoms with Crippen LogP contribution in [0.1, 0.15) is 15.9 Å². The fraction of sp³-hybridized carbons (Fsp3) is 0.0952. The van der Waals surface area contributed by atoms with E-state index >= 15 is 0 Å². The molecular weight excluding hydrogens is 394 g/mol. The van der Waals surface area contributed by atoms with Crippen LogP contribution >= 0.6 is 11.8 Å². The molecule has 0 aromatic heterocycles. The quantitative estimate of drug-likeness (QED) is 0.563. The Morgan fingerprint density at radius 1 is 1.00 bits per heavy atom. The third-order valence-corrected chi connectivity index (χ3v) is 6.48. The zero-order valence-corrected chi connectivity index (χ0v) is 17.0. The van der Waals surface area contributed by atoms with Crippen LogP contribution in [0.25, 0.3) is 11.1 Å². The number of thioether (sulfide) groups is 1. The number of rotatable bonds is 6. The SMILES string of the molecule is CSc1ccccc1-c1ccc(NS(=O)(=O)c2ccc(C)c(C(=O)O)c2)cc1. The number of carboxylic acids is 1.